The molecule has 0 atom stereocenters. The molecule has 2 aromatic rings. The molecule has 0 amide bonds. The van der Waals surface area contributed by atoms with Crippen LogP contribution in [0.5, 0.6) is 17.2 Å². The molecule has 1 aliphatic heterocycles. The van der Waals surface area contributed by atoms with Crippen molar-refractivity contribution in [2.24, 2.45) is 0 Å². The van der Waals surface area contributed by atoms with E-state index in [4.69, 9.17) is 14.2 Å². The molecule has 0 saturated carbocycles. The molecule has 31 heavy (non-hydrogen) atoms. The summed E-state index contributed by atoms with van der Waals surface area (Å²) in [7, 11) is -5.14. The molecule has 0 aliphatic carbocycles. The smallest absolute Gasteiger partial charge is 0.265 e. The van der Waals surface area contributed by atoms with E-state index >= 15 is 0 Å². The lowest BCUT2D eigenvalue weighted by Gasteiger charge is -2.19. The van der Waals surface area contributed by atoms with Gasteiger partial charge >= 0.3 is 0 Å². The highest BCUT2D eigenvalue weighted by molar-refractivity contribution is 7.92. The van der Waals surface area contributed by atoms with Crippen molar-refractivity contribution in [3.05, 3.63) is 36.4 Å². The zero-order chi connectivity index (χ0) is 22.6. The van der Waals surface area contributed by atoms with E-state index in [-0.39, 0.29) is 33.6 Å². The fourth-order valence-electron chi connectivity index (χ4n) is 3.32. The Kier molecular flexibility index (Phi) is 6.97. The number of hydrogen-bond acceptors (Lipinski definition) is 7. The number of ether oxygens (including phenoxy) is 3. The summed E-state index contributed by atoms with van der Waals surface area (Å²) < 4.78 is 71.9. The maximum Gasteiger partial charge on any atom is 0.265 e. The van der Waals surface area contributed by atoms with E-state index in [2.05, 4.69) is 4.72 Å². The standard InChI is InChI=1S/C20H26N2O7S2/c1-4-29-18-9-7-15(13-20(18)31(25,26)22-11-5-6-12-22)21-30(23,24)19-14-16(27-2)8-10-17(19)28-3/h7-10,13-14,21H,4-6,11-12H2,1-3H3. The summed E-state index contributed by atoms with van der Waals surface area (Å²) in [6, 6.07) is 8.58. The Morgan fingerprint density at radius 3 is 2.19 bits per heavy atom. The Morgan fingerprint density at radius 1 is 0.903 bits per heavy atom. The van der Waals surface area contributed by atoms with Crippen molar-refractivity contribution in [1.29, 1.82) is 0 Å². The first-order valence-electron chi connectivity index (χ1n) is 9.74. The lowest BCUT2D eigenvalue weighted by atomic mass is 10.3. The van der Waals surface area contributed by atoms with Gasteiger partial charge in [0.2, 0.25) is 10.0 Å². The summed E-state index contributed by atoms with van der Waals surface area (Å²) in [5.74, 6) is 0.644. The minimum absolute atomic E-state index is 0.0749. The van der Waals surface area contributed by atoms with E-state index in [0.717, 1.165) is 12.8 Å². The van der Waals surface area contributed by atoms with Crippen molar-refractivity contribution in [1.82, 2.24) is 4.31 Å². The van der Waals surface area contributed by atoms with Gasteiger partial charge in [0, 0.05) is 19.2 Å². The van der Waals surface area contributed by atoms with Crippen LogP contribution in [0.25, 0.3) is 0 Å². The normalized spacial score (nSPS) is 14.9. The van der Waals surface area contributed by atoms with Crippen LogP contribution in [0.2, 0.25) is 0 Å². The number of nitrogens with zero attached hydrogens (tertiary/aromatic N) is 1. The van der Waals surface area contributed by atoms with Crippen LogP contribution in [0.15, 0.2) is 46.2 Å². The Hall–Kier alpha value is -2.50. The summed E-state index contributed by atoms with van der Waals surface area (Å²) in [5.41, 5.74) is 0.0890. The average Bonchev–Trinajstić information content (AvgIpc) is 3.30. The van der Waals surface area contributed by atoms with Crippen molar-refractivity contribution in [3.8, 4) is 17.2 Å². The molecule has 2 aromatic carbocycles. The summed E-state index contributed by atoms with van der Waals surface area (Å²) in [4.78, 5) is -0.207. The van der Waals surface area contributed by atoms with E-state index in [1.54, 1.807) is 13.0 Å². The second-order valence-corrected chi connectivity index (χ2v) is 10.4. The molecule has 1 N–H and O–H groups in total. The van der Waals surface area contributed by atoms with Crippen LogP contribution < -0.4 is 18.9 Å². The number of rotatable bonds is 9. The van der Waals surface area contributed by atoms with Crippen molar-refractivity contribution < 1.29 is 31.0 Å². The highest BCUT2D eigenvalue weighted by atomic mass is 32.2. The molecule has 1 heterocycles. The molecule has 3 rings (SSSR count). The SMILES string of the molecule is CCOc1ccc(NS(=O)(=O)c2cc(OC)ccc2OC)cc1S(=O)(=O)N1CCCC1. The van der Waals surface area contributed by atoms with E-state index in [9.17, 15) is 16.8 Å². The Morgan fingerprint density at radius 2 is 1.58 bits per heavy atom. The van der Waals surface area contributed by atoms with Gasteiger partial charge in [-0.15, -0.1) is 0 Å². The summed E-state index contributed by atoms with van der Waals surface area (Å²) >= 11 is 0. The lowest BCUT2D eigenvalue weighted by Crippen LogP contribution is -2.28. The zero-order valence-electron chi connectivity index (χ0n) is 17.6. The first-order chi connectivity index (χ1) is 14.7. The van der Waals surface area contributed by atoms with Gasteiger partial charge < -0.3 is 14.2 Å². The molecule has 0 radical (unpaired) electrons. The van der Waals surface area contributed by atoms with Gasteiger partial charge in [0.05, 0.1) is 26.5 Å². The van der Waals surface area contributed by atoms with Crippen LogP contribution in [0.3, 0.4) is 0 Å². The molecule has 1 aliphatic rings. The number of anilines is 1. The maximum atomic E-state index is 13.1. The summed E-state index contributed by atoms with van der Waals surface area (Å²) in [6.45, 7) is 2.86. The zero-order valence-corrected chi connectivity index (χ0v) is 19.3. The van der Waals surface area contributed by atoms with Crippen LogP contribution in [-0.4, -0.2) is 55.1 Å². The number of sulfonamides is 2. The Balaban J connectivity index is 2.02. The quantitative estimate of drug-likeness (QED) is 0.600. The molecule has 11 heteroatoms. The average molecular weight is 471 g/mol. The second-order valence-electron chi connectivity index (χ2n) is 6.83. The molecule has 9 nitrogen and oxygen atoms in total. The van der Waals surface area contributed by atoms with Gasteiger partial charge in [-0.3, -0.25) is 4.72 Å². The van der Waals surface area contributed by atoms with E-state index < -0.39 is 20.0 Å². The summed E-state index contributed by atoms with van der Waals surface area (Å²) in [5, 5.41) is 0. The molecule has 0 spiro atoms. The first-order valence-corrected chi connectivity index (χ1v) is 12.7. The molecule has 1 fully saturated rings. The van der Waals surface area contributed by atoms with Gasteiger partial charge in [0.15, 0.2) is 0 Å². The molecule has 170 valence electrons. The minimum atomic E-state index is -4.10. The van der Waals surface area contributed by atoms with Gasteiger partial charge in [-0.1, -0.05) is 0 Å². The predicted molar refractivity (Wildman–Crippen MR) is 116 cm³/mol. The predicted octanol–water partition coefficient (Wildman–Crippen LogP) is 2.69. The van der Waals surface area contributed by atoms with Crippen LogP contribution in [0.1, 0.15) is 19.8 Å². The van der Waals surface area contributed by atoms with Crippen LogP contribution in [0.4, 0.5) is 5.69 Å². The number of benzene rings is 2. The van der Waals surface area contributed by atoms with Crippen molar-refractivity contribution in [3.63, 3.8) is 0 Å². The van der Waals surface area contributed by atoms with Crippen molar-refractivity contribution in [2.45, 2.75) is 29.6 Å². The van der Waals surface area contributed by atoms with Gasteiger partial charge in [0.1, 0.15) is 27.0 Å². The molecule has 0 bridgehead atoms. The molecule has 1 saturated heterocycles. The van der Waals surface area contributed by atoms with Crippen molar-refractivity contribution >= 4 is 25.7 Å². The fraction of sp³-hybridized carbons (Fsp3) is 0.400. The van der Waals surface area contributed by atoms with Crippen LogP contribution >= 0.6 is 0 Å². The van der Waals surface area contributed by atoms with Crippen LogP contribution in [-0.2, 0) is 20.0 Å². The van der Waals surface area contributed by atoms with Crippen molar-refractivity contribution in [2.75, 3.05) is 38.6 Å². The highest BCUT2D eigenvalue weighted by Crippen LogP contribution is 2.34. The molecule has 0 unspecified atom stereocenters. The largest absolute Gasteiger partial charge is 0.497 e. The number of methoxy groups -OCH3 is 2. The Labute approximate surface area is 183 Å². The number of nitrogens with one attached hydrogen (secondary N) is 1. The first kappa shape index (κ1) is 23.2. The molecule has 0 aromatic heterocycles. The van der Waals surface area contributed by atoms with Gasteiger partial charge in [-0.05, 0) is 50.1 Å². The topological polar surface area (TPSA) is 111 Å². The molecular formula is C20H26N2O7S2. The molecular weight excluding hydrogens is 444 g/mol. The van der Waals surface area contributed by atoms with Gasteiger partial charge in [-0.25, -0.2) is 16.8 Å². The van der Waals surface area contributed by atoms with E-state index in [1.165, 1.54) is 48.9 Å². The monoisotopic (exact) mass is 470 g/mol. The fourth-order valence-corrected chi connectivity index (χ4v) is 6.23. The van der Waals surface area contributed by atoms with Crippen LogP contribution in [0, 0.1) is 0 Å². The number of hydrogen-bond donors (Lipinski definition) is 1. The third kappa shape index (κ3) is 4.89. The van der Waals surface area contributed by atoms with E-state index in [0.29, 0.717) is 18.8 Å². The summed E-state index contributed by atoms with van der Waals surface area (Å²) in [6.07, 6.45) is 1.57. The third-order valence-electron chi connectivity index (χ3n) is 4.84. The van der Waals surface area contributed by atoms with E-state index in [1.807, 2.05) is 0 Å². The minimum Gasteiger partial charge on any atom is -0.497 e. The van der Waals surface area contributed by atoms with Gasteiger partial charge in [-0.2, -0.15) is 4.31 Å². The van der Waals surface area contributed by atoms with Gasteiger partial charge in [0.25, 0.3) is 10.0 Å². The highest BCUT2D eigenvalue weighted by Gasteiger charge is 2.31. The maximum absolute atomic E-state index is 13.1. The third-order valence-corrected chi connectivity index (χ3v) is 8.16. The second kappa shape index (κ2) is 9.33. The Bertz CT molecular complexity index is 1140. The lowest BCUT2D eigenvalue weighted by molar-refractivity contribution is 0.330.